The first-order valence-corrected chi connectivity index (χ1v) is 7.35. The van der Waals surface area contributed by atoms with Gasteiger partial charge in [-0.2, -0.15) is 0 Å². The van der Waals surface area contributed by atoms with E-state index in [0.29, 0.717) is 0 Å². The van der Waals surface area contributed by atoms with Crippen LogP contribution < -0.4 is 10.1 Å². The van der Waals surface area contributed by atoms with Gasteiger partial charge in [0, 0.05) is 5.69 Å². The van der Waals surface area contributed by atoms with Gasteiger partial charge in [-0.05, 0) is 54.7 Å². The van der Waals surface area contributed by atoms with Crippen LogP contribution in [0, 0.1) is 0 Å². The van der Waals surface area contributed by atoms with Crippen LogP contribution in [0.1, 0.15) is 17.5 Å². The molecule has 0 aromatic heterocycles. The topological polar surface area (TPSA) is 41.5 Å². The standard InChI is InChI=1S/C18H21NO2/c1-21-17-8-7-14-9-10-18(13-20,12-15(14)11-17)19-16-5-3-2-4-6-16/h2-8,11,19-20H,9-10,12-13H2,1H3. The van der Waals surface area contributed by atoms with E-state index in [9.17, 15) is 5.11 Å². The number of rotatable bonds is 4. The Balaban J connectivity index is 1.87. The molecule has 2 aromatic rings. The second-order valence-electron chi connectivity index (χ2n) is 5.74. The molecule has 3 heteroatoms. The molecule has 3 nitrogen and oxygen atoms in total. The van der Waals surface area contributed by atoms with Crippen molar-refractivity contribution in [1.29, 1.82) is 0 Å². The zero-order valence-corrected chi connectivity index (χ0v) is 12.3. The molecular weight excluding hydrogens is 262 g/mol. The van der Waals surface area contributed by atoms with E-state index in [0.717, 1.165) is 30.7 Å². The third-order valence-electron chi connectivity index (χ3n) is 4.30. The number of methoxy groups -OCH3 is 1. The van der Waals surface area contributed by atoms with Crippen LogP contribution in [0.25, 0.3) is 0 Å². The minimum atomic E-state index is -0.291. The Hall–Kier alpha value is -2.00. The van der Waals surface area contributed by atoms with Crippen LogP contribution in [0.4, 0.5) is 5.69 Å². The molecule has 0 radical (unpaired) electrons. The summed E-state index contributed by atoms with van der Waals surface area (Å²) in [5.41, 5.74) is 3.38. The number of hydrogen-bond acceptors (Lipinski definition) is 3. The molecule has 0 fully saturated rings. The third-order valence-corrected chi connectivity index (χ3v) is 4.30. The van der Waals surface area contributed by atoms with Gasteiger partial charge in [-0.1, -0.05) is 24.3 Å². The summed E-state index contributed by atoms with van der Waals surface area (Å²) < 4.78 is 5.32. The van der Waals surface area contributed by atoms with Gasteiger partial charge in [-0.25, -0.2) is 0 Å². The van der Waals surface area contributed by atoms with Gasteiger partial charge >= 0.3 is 0 Å². The molecule has 21 heavy (non-hydrogen) atoms. The lowest BCUT2D eigenvalue weighted by atomic mass is 9.78. The lowest BCUT2D eigenvalue weighted by Gasteiger charge is -2.38. The number of anilines is 1. The van der Waals surface area contributed by atoms with E-state index in [-0.39, 0.29) is 12.1 Å². The summed E-state index contributed by atoms with van der Waals surface area (Å²) in [5, 5.41) is 13.5. The molecule has 3 rings (SSSR count). The normalized spacial score (nSPS) is 20.7. The Morgan fingerprint density at radius 2 is 1.95 bits per heavy atom. The average molecular weight is 283 g/mol. The van der Waals surface area contributed by atoms with Crippen molar-refractivity contribution in [1.82, 2.24) is 0 Å². The molecule has 0 saturated carbocycles. The number of benzene rings is 2. The number of para-hydroxylation sites is 1. The van der Waals surface area contributed by atoms with Crippen LogP contribution in [0.15, 0.2) is 48.5 Å². The first-order valence-electron chi connectivity index (χ1n) is 7.35. The van der Waals surface area contributed by atoms with Crippen LogP contribution in [-0.2, 0) is 12.8 Å². The first kappa shape index (κ1) is 14.0. The molecular formula is C18H21NO2. The molecule has 0 saturated heterocycles. The molecule has 1 unspecified atom stereocenters. The largest absolute Gasteiger partial charge is 0.497 e. The maximum Gasteiger partial charge on any atom is 0.119 e. The molecule has 110 valence electrons. The molecule has 1 atom stereocenters. The predicted octanol–water partition coefficient (Wildman–Crippen LogP) is 3.03. The highest BCUT2D eigenvalue weighted by Crippen LogP contribution is 2.33. The number of ether oxygens (including phenoxy) is 1. The third kappa shape index (κ3) is 2.88. The fraction of sp³-hybridized carbons (Fsp3) is 0.333. The predicted molar refractivity (Wildman–Crippen MR) is 84.9 cm³/mol. The minimum absolute atomic E-state index is 0.124. The van der Waals surface area contributed by atoms with Crippen LogP contribution in [0.2, 0.25) is 0 Å². The van der Waals surface area contributed by atoms with Gasteiger partial charge in [-0.3, -0.25) is 0 Å². The highest BCUT2D eigenvalue weighted by molar-refractivity contribution is 5.48. The fourth-order valence-electron chi connectivity index (χ4n) is 3.07. The smallest absolute Gasteiger partial charge is 0.119 e. The zero-order valence-electron chi connectivity index (χ0n) is 12.3. The monoisotopic (exact) mass is 283 g/mol. The van der Waals surface area contributed by atoms with Gasteiger partial charge in [0.25, 0.3) is 0 Å². The van der Waals surface area contributed by atoms with Crippen molar-refractivity contribution in [3.8, 4) is 5.75 Å². The lowest BCUT2D eigenvalue weighted by molar-refractivity contribution is 0.196. The van der Waals surface area contributed by atoms with Crippen molar-refractivity contribution in [3.63, 3.8) is 0 Å². The van der Waals surface area contributed by atoms with Gasteiger partial charge in [0.15, 0.2) is 0 Å². The van der Waals surface area contributed by atoms with Crippen molar-refractivity contribution in [2.24, 2.45) is 0 Å². The molecule has 0 bridgehead atoms. The van der Waals surface area contributed by atoms with Crippen molar-refractivity contribution < 1.29 is 9.84 Å². The Labute approximate surface area is 125 Å². The second kappa shape index (κ2) is 5.78. The Morgan fingerprint density at radius 1 is 1.14 bits per heavy atom. The fourth-order valence-corrected chi connectivity index (χ4v) is 3.07. The molecule has 0 amide bonds. The zero-order chi connectivity index (χ0) is 14.7. The van der Waals surface area contributed by atoms with Gasteiger partial charge in [0.2, 0.25) is 0 Å². The molecule has 0 heterocycles. The van der Waals surface area contributed by atoms with Crippen molar-refractivity contribution in [2.75, 3.05) is 19.0 Å². The van der Waals surface area contributed by atoms with Gasteiger partial charge < -0.3 is 15.2 Å². The van der Waals surface area contributed by atoms with E-state index in [1.54, 1.807) is 7.11 Å². The summed E-state index contributed by atoms with van der Waals surface area (Å²) in [4.78, 5) is 0. The van der Waals surface area contributed by atoms with Gasteiger partial charge in [0.1, 0.15) is 5.75 Å². The number of hydrogen-bond donors (Lipinski definition) is 2. The SMILES string of the molecule is COc1ccc2c(c1)CC(CO)(Nc1ccccc1)CC2. The first-order chi connectivity index (χ1) is 10.2. The lowest BCUT2D eigenvalue weighted by Crippen LogP contribution is -2.47. The number of aliphatic hydroxyl groups excluding tert-OH is 1. The molecule has 0 spiro atoms. The average Bonchev–Trinajstić information content (AvgIpc) is 2.55. The quantitative estimate of drug-likeness (QED) is 0.906. The second-order valence-corrected chi connectivity index (χ2v) is 5.74. The number of aryl methyl sites for hydroxylation is 1. The maximum atomic E-state index is 9.96. The van der Waals surface area contributed by atoms with E-state index in [1.807, 2.05) is 36.4 Å². The van der Waals surface area contributed by atoms with E-state index in [4.69, 9.17) is 4.74 Å². The van der Waals surface area contributed by atoms with Crippen molar-refractivity contribution in [3.05, 3.63) is 59.7 Å². The summed E-state index contributed by atoms with van der Waals surface area (Å²) >= 11 is 0. The summed E-state index contributed by atoms with van der Waals surface area (Å²) in [6, 6.07) is 16.3. The number of nitrogens with one attached hydrogen (secondary N) is 1. The van der Waals surface area contributed by atoms with Gasteiger partial charge in [-0.15, -0.1) is 0 Å². The van der Waals surface area contributed by atoms with Gasteiger partial charge in [0.05, 0.1) is 19.3 Å². The summed E-state index contributed by atoms with van der Waals surface area (Å²) in [6.07, 6.45) is 2.71. The Bertz CT molecular complexity index is 612. The van der Waals surface area contributed by atoms with E-state index in [1.165, 1.54) is 11.1 Å². The maximum absolute atomic E-state index is 9.96. The van der Waals surface area contributed by atoms with Crippen molar-refractivity contribution >= 4 is 5.69 Å². The van der Waals surface area contributed by atoms with Crippen molar-refractivity contribution in [2.45, 2.75) is 24.8 Å². The highest BCUT2D eigenvalue weighted by atomic mass is 16.5. The number of fused-ring (bicyclic) bond motifs is 1. The van der Waals surface area contributed by atoms with Crippen LogP contribution in [0.3, 0.4) is 0 Å². The molecule has 2 N–H and O–H groups in total. The van der Waals surface area contributed by atoms with Crippen LogP contribution >= 0.6 is 0 Å². The molecule has 2 aromatic carbocycles. The molecule has 1 aliphatic rings. The Morgan fingerprint density at radius 3 is 2.67 bits per heavy atom. The minimum Gasteiger partial charge on any atom is -0.497 e. The number of aliphatic hydroxyl groups is 1. The van der Waals surface area contributed by atoms with E-state index < -0.39 is 0 Å². The van der Waals surface area contributed by atoms with Crippen LogP contribution in [-0.4, -0.2) is 24.4 Å². The summed E-state index contributed by atoms with van der Waals surface area (Å²) in [6.45, 7) is 0.124. The molecule has 1 aliphatic carbocycles. The summed E-state index contributed by atoms with van der Waals surface area (Å²) in [5.74, 6) is 0.877. The molecule has 0 aliphatic heterocycles. The van der Waals surface area contributed by atoms with E-state index in [2.05, 4.69) is 17.4 Å². The summed E-state index contributed by atoms with van der Waals surface area (Å²) in [7, 11) is 1.69. The highest BCUT2D eigenvalue weighted by Gasteiger charge is 2.34. The van der Waals surface area contributed by atoms with E-state index >= 15 is 0 Å². The van der Waals surface area contributed by atoms with Crippen LogP contribution in [0.5, 0.6) is 5.75 Å². The Kier molecular flexibility index (Phi) is 3.84.